The lowest BCUT2D eigenvalue weighted by atomic mass is 9.82. The first-order valence-electron chi connectivity index (χ1n) is 10.0. The van der Waals surface area contributed by atoms with Crippen molar-refractivity contribution in [3.63, 3.8) is 0 Å². The van der Waals surface area contributed by atoms with Crippen LogP contribution >= 0.6 is 0 Å². The van der Waals surface area contributed by atoms with Crippen molar-refractivity contribution in [2.45, 2.75) is 32.1 Å². The molecule has 1 aromatic heterocycles. The Morgan fingerprint density at radius 1 is 1.11 bits per heavy atom. The van der Waals surface area contributed by atoms with Crippen molar-refractivity contribution in [1.82, 2.24) is 4.98 Å². The van der Waals surface area contributed by atoms with Gasteiger partial charge in [0.1, 0.15) is 17.7 Å². The summed E-state index contributed by atoms with van der Waals surface area (Å²) in [6.45, 7) is 2.22. The number of anilines is 2. The Bertz CT molecular complexity index is 761. The molecule has 7 heteroatoms. The van der Waals surface area contributed by atoms with Crippen LogP contribution < -0.4 is 16.4 Å². The quantitative estimate of drug-likeness (QED) is 0.449. The summed E-state index contributed by atoms with van der Waals surface area (Å²) in [7, 11) is 0. The molecule has 0 radical (unpaired) electrons. The molecule has 1 saturated carbocycles. The summed E-state index contributed by atoms with van der Waals surface area (Å²) in [5.74, 6) is 1.81. The second-order valence-corrected chi connectivity index (χ2v) is 7.51. The fourth-order valence-electron chi connectivity index (χ4n) is 3.74. The smallest absolute Gasteiger partial charge is 0.310 e. The molecule has 150 valence electrons. The summed E-state index contributed by atoms with van der Waals surface area (Å²) in [6.07, 6.45) is 6.73. The van der Waals surface area contributed by atoms with Crippen molar-refractivity contribution in [3.8, 4) is 0 Å². The van der Waals surface area contributed by atoms with Gasteiger partial charge in [-0.2, -0.15) is 0 Å². The van der Waals surface area contributed by atoms with Gasteiger partial charge in [-0.25, -0.2) is 4.98 Å². The molecular formula is C21H29N5O2. The zero-order valence-electron chi connectivity index (χ0n) is 16.1. The molecule has 0 bridgehead atoms. The number of nitro groups is 1. The third kappa shape index (κ3) is 5.66. The predicted molar refractivity (Wildman–Crippen MR) is 113 cm³/mol. The van der Waals surface area contributed by atoms with Crippen LogP contribution in [0.25, 0.3) is 0 Å². The van der Waals surface area contributed by atoms with Crippen LogP contribution in [0.3, 0.4) is 0 Å². The third-order valence-corrected chi connectivity index (χ3v) is 5.52. The van der Waals surface area contributed by atoms with Crippen molar-refractivity contribution < 1.29 is 4.92 Å². The molecular weight excluding hydrogens is 354 g/mol. The lowest BCUT2D eigenvalue weighted by Gasteiger charge is -2.27. The van der Waals surface area contributed by atoms with Crippen LogP contribution in [0.5, 0.6) is 0 Å². The lowest BCUT2D eigenvalue weighted by Crippen LogP contribution is -2.25. The molecule has 0 unspecified atom stereocenters. The first-order chi connectivity index (χ1) is 13.7. The molecule has 0 atom stereocenters. The Kier molecular flexibility index (Phi) is 7.19. The average molecular weight is 383 g/mol. The zero-order chi connectivity index (χ0) is 19.8. The van der Waals surface area contributed by atoms with Crippen LogP contribution in [-0.4, -0.2) is 29.5 Å². The topological polar surface area (TPSA) is 106 Å². The van der Waals surface area contributed by atoms with Crippen LogP contribution in [0.15, 0.2) is 42.6 Å². The summed E-state index contributed by atoms with van der Waals surface area (Å²) in [5, 5.41) is 17.9. The van der Waals surface area contributed by atoms with Crippen molar-refractivity contribution in [3.05, 3.63) is 58.3 Å². The number of rotatable bonds is 9. The minimum atomic E-state index is -0.381. The Hall–Kier alpha value is -2.67. The number of nitrogens with two attached hydrogens (primary N) is 1. The highest BCUT2D eigenvalue weighted by molar-refractivity contribution is 5.65. The molecule has 1 fully saturated rings. The van der Waals surface area contributed by atoms with Crippen LogP contribution in [0, 0.1) is 22.0 Å². The van der Waals surface area contributed by atoms with E-state index in [1.54, 1.807) is 6.07 Å². The van der Waals surface area contributed by atoms with Crippen LogP contribution in [-0.2, 0) is 6.42 Å². The first kappa shape index (κ1) is 20.1. The number of benzene rings is 1. The van der Waals surface area contributed by atoms with E-state index in [1.807, 2.05) is 18.2 Å². The molecule has 28 heavy (non-hydrogen) atoms. The standard InChI is InChI=1S/C21H29N5O2/c22-13-17-6-8-18(9-7-17)14-24-19-12-21(25-15-20(19)26(27)28)23-11-10-16-4-2-1-3-5-16/h1-5,12,15,17-18H,6-11,13-14,22H2,(H2,23,24,25). The molecule has 7 nitrogen and oxygen atoms in total. The molecule has 0 saturated heterocycles. The average Bonchev–Trinajstić information content (AvgIpc) is 2.73. The Morgan fingerprint density at radius 2 is 1.82 bits per heavy atom. The Morgan fingerprint density at radius 3 is 2.50 bits per heavy atom. The van der Waals surface area contributed by atoms with E-state index in [9.17, 15) is 10.1 Å². The largest absolute Gasteiger partial charge is 0.379 e. The number of pyridine rings is 1. The first-order valence-corrected chi connectivity index (χ1v) is 10.0. The van der Waals surface area contributed by atoms with E-state index in [-0.39, 0.29) is 10.6 Å². The maximum atomic E-state index is 11.4. The van der Waals surface area contributed by atoms with Gasteiger partial charge in [-0.05, 0) is 56.0 Å². The molecule has 0 spiro atoms. The van der Waals surface area contributed by atoms with Crippen molar-refractivity contribution >= 4 is 17.2 Å². The summed E-state index contributed by atoms with van der Waals surface area (Å²) in [4.78, 5) is 15.2. The molecule has 2 aromatic rings. The molecule has 0 aliphatic heterocycles. The summed E-state index contributed by atoms with van der Waals surface area (Å²) in [5.41, 5.74) is 7.54. The summed E-state index contributed by atoms with van der Waals surface area (Å²) < 4.78 is 0. The Balaban J connectivity index is 1.57. The molecule has 3 rings (SSSR count). The lowest BCUT2D eigenvalue weighted by molar-refractivity contribution is -0.384. The van der Waals surface area contributed by atoms with Crippen molar-refractivity contribution in [2.24, 2.45) is 17.6 Å². The monoisotopic (exact) mass is 383 g/mol. The molecule has 1 heterocycles. The van der Waals surface area contributed by atoms with Crippen molar-refractivity contribution in [2.75, 3.05) is 30.3 Å². The second-order valence-electron chi connectivity index (χ2n) is 7.51. The van der Waals surface area contributed by atoms with E-state index in [2.05, 4.69) is 27.8 Å². The SMILES string of the molecule is NCC1CCC(CNc2cc(NCCc3ccccc3)ncc2[N+](=O)[O-])CC1. The van der Waals surface area contributed by atoms with Gasteiger partial charge in [0.2, 0.25) is 0 Å². The van der Waals surface area contributed by atoms with Gasteiger partial charge >= 0.3 is 5.69 Å². The molecule has 1 aliphatic rings. The fraction of sp³-hybridized carbons (Fsp3) is 0.476. The molecule has 0 amide bonds. The van der Waals surface area contributed by atoms with Gasteiger partial charge in [-0.3, -0.25) is 10.1 Å². The van der Waals surface area contributed by atoms with Gasteiger partial charge in [-0.1, -0.05) is 30.3 Å². The van der Waals surface area contributed by atoms with Crippen molar-refractivity contribution in [1.29, 1.82) is 0 Å². The summed E-state index contributed by atoms with van der Waals surface area (Å²) >= 11 is 0. The highest BCUT2D eigenvalue weighted by Crippen LogP contribution is 2.30. The molecule has 4 N–H and O–H groups in total. The van der Waals surface area contributed by atoms with Gasteiger partial charge in [0.05, 0.1) is 4.92 Å². The van der Waals surface area contributed by atoms with Gasteiger partial charge in [0, 0.05) is 19.2 Å². The van der Waals surface area contributed by atoms with E-state index >= 15 is 0 Å². The van der Waals surface area contributed by atoms with E-state index in [0.29, 0.717) is 23.3 Å². The number of nitrogens with one attached hydrogen (secondary N) is 2. The van der Waals surface area contributed by atoms with Gasteiger partial charge in [0.25, 0.3) is 0 Å². The minimum absolute atomic E-state index is 0.0178. The van der Waals surface area contributed by atoms with Crippen LogP contribution in [0.1, 0.15) is 31.2 Å². The van der Waals surface area contributed by atoms with Crippen LogP contribution in [0.2, 0.25) is 0 Å². The Labute approximate surface area is 165 Å². The maximum Gasteiger partial charge on any atom is 0.310 e. The molecule has 1 aromatic carbocycles. The van der Waals surface area contributed by atoms with E-state index in [1.165, 1.54) is 11.8 Å². The number of hydrogen-bond donors (Lipinski definition) is 3. The normalized spacial score (nSPS) is 19.2. The van der Waals surface area contributed by atoms with Gasteiger partial charge in [0.15, 0.2) is 0 Å². The van der Waals surface area contributed by atoms with Gasteiger partial charge < -0.3 is 16.4 Å². The van der Waals surface area contributed by atoms with E-state index < -0.39 is 0 Å². The predicted octanol–water partition coefficient (Wildman–Crippen LogP) is 3.82. The highest BCUT2D eigenvalue weighted by Gasteiger charge is 2.21. The number of aromatic nitrogens is 1. The highest BCUT2D eigenvalue weighted by atomic mass is 16.6. The maximum absolute atomic E-state index is 11.4. The second kappa shape index (κ2) is 10.0. The minimum Gasteiger partial charge on any atom is -0.379 e. The third-order valence-electron chi connectivity index (χ3n) is 5.52. The zero-order valence-corrected chi connectivity index (χ0v) is 16.1. The van der Waals surface area contributed by atoms with E-state index in [4.69, 9.17) is 5.73 Å². The van der Waals surface area contributed by atoms with Crippen LogP contribution in [0.4, 0.5) is 17.2 Å². The summed E-state index contributed by atoms with van der Waals surface area (Å²) in [6, 6.07) is 11.9. The fourth-order valence-corrected chi connectivity index (χ4v) is 3.74. The number of hydrogen-bond acceptors (Lipinski definition) is 6. The number of nitrogens with zero attached hydrogens (tertiary/aromatic N) is 2. The molecule has 1 aliphatic carbocycles. The van der Waals surface area contributed by atoms with Gasteiger partial charge in [-0.15, -0.1) is 0 Å². The van der Waals surface area contributed by atoms with E-state index in [0.717, 1.165) is 51.7 Å².